The van der Waals surface area contributed by atoms with Gasteiger partial charge in [0.1, 0.15) is 24.4 Å². The lowest BCUT2D eigenvalue weighted by Crippen LogP contribution is -2.58. The minimum absolute atomic E-state index is 0.116. The summed E-state index contributed by atoms with van der Waals surface area (Å²) < 4.78 is 16.7. The van der Waals surface area contributed by atoms with Crippen molar-refractivity contribution in [1.82, 2.24) is 0 Å². The lowest BCUT2D eigenvalue weighted by Gasteiger charge is -2.43. The van der Waals surface area contributed by atoms with Crippen LogP contribution in [0.15, 0.2) is 30.3 Å². The predicted octanol–water partition coefficient (Wildman–Crippen LogP) is 0.221. The predicted molar refractivity (Wildman–Crippen MR) is 61.8 cm³/mol. The van der Waals surface area contributed by atoms with Gasteiger partial charge in [-0.1, -0.05) is 30.3 Å². The summed E-state index contributed by atoms with van der Waals surface area (Å²) in [7, 11) is 0. The summed E-state index contributed by atoms with van der Waals surface area (Å²) in [5.41, 5.74) is 0.892. The summed E-state index contributed by atoms with van der Waals surface area (Å²) in [4.78, 5) is 0. The molecule has 2 N–H and O–H groups in total. The van der Waals surface area contributed by atoms with E-state index < -0.39 is 24.6 Å². The smallest absolute Gasteiger partial charge is 0.184 e. The van der Waals surface area contributed by atoms with Gasteiger partial charge in [-0.3, -0.25) is 0 Å². The zero-order chi connectivity index (χ0) is 12.5. The summed E-state index contributed by atoms with van der Waals surface area (Å²) >= 11 is 0. The van der Waals surface area contributed by atoms with Crippen LogP contribution >= 0.6 is 0 Å². The van der Waals surface area contributed by atoms with Gasteiger partial charge in [0.2, 0.25) is 0 Å². The number of ether oxygens (including phenoxy) is 3. The molecule has 18 heavy (non-hydrogen) atoms. The number of hydrogen-bond acceptors (Lipinski definition) is 5. The van der Waals surface area contributed by atoms with Gasteiger partial charge in [0.05, 0.1) is 13.2 Å². The molecule has 1 aromatic rings. The maximum atomic E-state index is 9.93. The van der Waals surface area contributed by atoms with Crippen molar-refractivity contribution in [1.29, 1.82) is 0 Å². The van der Waals surface area contributed by atoms with Gasteiger partial charge in [-0.2, -0.15) is 0 Å². The fourth-order valence-corrected chi connectivity index (χ4v) is 2.31. The van der Waals surface area contributed by atoms with Crippen LogP contribution < -0.4 is 0 Å². The van der Waals surface area contributed by atoms with Crippen LogP contribution in [0.1, 0.15) is 11.9 Å². The Morgan fingerprint density at radius 2 is 1.78 bits per heavy atom. The van der Waals surface area contributed by atoms with E-state index in [1.54, 1.807) is 0 Å². The third-order valence-corrected chi connectivity index (χ3v) is 3.34. The van der Waals surface area contributed by atoms with E-state index in [1.165, 1.54) is 0 Å². The van der Waals surface area contributed by atoms with Gasteiger partial charge in [0.25, 0.3) is 0 Å². The van der Waals surface area contributed by atoms with E-state index in [9.17, 15) is 10.2 Å². The molecule has 0 aliphatic carbocycles. The zero-order valence-electron chi connectivity index (χ0n) is 9.81. The van der Waals surface area contributed by atoms with E-state index in [0.717, 1.165) is 5.56 Å². The highest BCUT2D eigenvalue weighted by molar-refractivity contribution is 5.16. The quantitative estimate of drug-likeness (QED) is 0.748. The number of benzene rings is 1. The number of rotatable bonds is 1. The van der Waals surface area contributed by atoms with Gasteiger partial charge in [-0.05, 0) is 0 Å². The Morgan fingerprint density at radius 3 is 2.56 bits per heavy atom. The molecule has 98 valence electrons. The van der Waals surface area contributed by atoms with Crippen molar-refractivity contribution in [2.75, 3.05) is 13.2 Å². The second kappa shape index (κ2) is 4.95. The summed E-state index contributed by atoms with van der Waals surface area (Å²) in [5.74, 6) is 0. The Kier molecular flexibility index (Phi) is 3.32. The number of hydrogen-bond donors (Lipinski definition) is 2. The van der Waals surface area contributed by atoms with Gasteiger partial charge in [-0.25, -0.2) is 0 Å². The third-order valence-electron chi connectivity index (χ3n) is 3.34. The van der Waals surface area contributed by atoms with Gasteiger partial charge in [0.15, 0.2) is 6.29 Å². The van der Waals surface area contributed by atoms with E-state index in [4.69, 9.17) is 14.2 Å². The van der Waals surface area contributed by atoms with Crippen LogP contribution in [0.25, 0.3) is 0 Å². The lowest BCUT2D eigenvalue weighted by atomic mass is 9.99. The molecular weight excluding hydrogens is 236 g/mol. The summed E-state index contributed by atoms with van der Waals surface area (Å²) in [6, 6.07) is 9.51. The van der Waals surface area contributed by atoms with Crippen molar-refractivity contribution in [2.45, 2.75) is 30.7 Å². The highest BCUT2D eigenvalue weighted by Crippen LogP contribution is 2.31. The van der Waals surface area contributed by atoms with Gasteiger partial charge in [0, 0.05) is 5.56 Å². The summed E-state index contributed by atoms with van der Waals surface area (Å²) in [5, 5.41) is 19.5. The molecule has 2 heterocycles. The average Bonchev–Trinajstić information content (AvgIpc) is 2.44. The van der Waals surface area contributed by atoms with Crippen molar-refractivity contribution in [3.8, 4) is 0 Å². The van der Waals surface area contributed by atoms with Crippen molar-refractivity contribution >= 4 is 0 Å². The van der Waals surface area contributed by atoms with Crippen LogP contribution in [0.4, 0.5) is 0 Å². The van der Waals surface area contributed by atoms with Crippen molar-refractivity contribution in [2.24, 2.45) is 0 Å². The molecule has 0 amide bonds. The average molecular weight is 252 g/mol. The molecule has 2 fully saturated rings. The highest BCUT2D eigenvalue weighted by Gasteiger charge is 2.44. The third kappa shape index (κ3) is 2.15. The Morgan fingerprint density at radius 1 is 1.00 bits per heavy atom. The van der Waals surface area contributed by atoms with Gasteiger partial charge < -0.3 is 24.4 Å². The Balaban J connectivity index is 1.75. The largest absolute Gasteiger partial charge is 0.388 e. The van der Waals surface area contributed by atoms with Gasteiger partial charge in [-0.15, -0.1) is 0 Å². The standard InChI is InChI=1S/C13H16O5/c14-9-6-16-10-7-17-13(18-12(10)11(9)15)8-4-2-1-3-5-8/h1-5,9-15H,6-7H2. The number of aliphatic hydroxyl groups is 2. The van der Waals surface area contributed by atoms with Crippen LogP contribution in [-0.4, -0.2) is 47.8 Å². The first kappa shape index (κ1) is 12.1. The molecule has 2 saturated heterocycles. The van der Waals surface area contributed by atoms with Crippen molar-refractivity contribution < 1.29 is 24.4 Å². The minimum atomic E-state index is -0.932. The number of fused-ring (bicyclic) bond motifs is 1. The molecule has 0 spiro atoms. The van der Waals surface area contributed by atoms with E-state index >= 15 is 0 Å². The van der Waals surface area contributed by atoms with E-state index in [1.807, 2.05) is 30.3 Å². The molecule has 5 atom stereocenters. The van der Waals surface area contributed by atoms with Crippen LogP contribution in [-0.2, 0) is 14.2 Å². The van der Waals surface area contributed by atoms with Crippen LogP contribution in [0.2, 0.25) is 0 Å². The molecule has 5 nitrogen and oxygen atoms in total. The van der Waals surface area contributed by atoms with Crippen molar-refractivity contribution in [3.05, 3.63) is 35.9 Å². The molecule has 1 aromatic carbocycles. The summed E-state index contributed by atoms with van der Waals surface area (Å²) in [6.07, 6.45) is -3.22. The molecule has 5 heteroatoms. The molecule has 0 bridgehead atoms. The Bertz CT molecular complexity index is 394. The molecular formula is C13H16O5. The van der Waals surface area contributed by atoms with Gasteiger partial charge >= 0.3 is 0 Å². The Labute approximate surface area is 105 Å². The SMILES string of the molecule is OC1COC2COC(c3ccccc3)OC2C1O. The molecule has 0 radical (unpaired) electrons. The monoisotopic (exact) mass is 252 g/mol. The number of aliphatic hydroxyl groups excluding tert-OH is 2. The van der Waals surface area contributed by atoms with Crippen molar-refractivity contribution in [3.63, 3.8) is 0 Å². The van der Waals surface area contributed by atoms with Crippen LogP contribution in [0, 0.1) is 0 Å². The summed E-state index contributed by atoms with van der Waals surface area (Å²) in [6.45, 7) is 0.471. The second-order valence-electron chi connectivity index (χ2n) is 4.61. The van der Waals surface area contributed by atoms with Crippen LogP contribution in [0.5, 0.6) is 0 Å². The lowest BCUT2D eigenvalue weighted by molar-refractivity contribution is -0.314. The fraction of sp³-hybridized carbons (Fsp3) is 0.538. The first-order valence-corrected chi connectivity index (χ1v) is 6.05. The molecule has 5 unspecified atom stereocenters. The van der Waals surface area contributed by atoms with E-state index in [0.29, 0.717) is 6.61 Å². The fourth-order valence-electron chi connectivity index (χ4n) is 2.31. The first-order chi connectivity index (χ1) is 8.75. The first-order valence-electron chi connectivity index (χ1n) is 6.05. The zero-order valence-corrected chi connectivity index (χ0v) is 9.81. The molecule has 3 rings (SSSR count). The van der Waals surface area contributed by atoms with E-state index in [-0.39, 0.29) is 12.7 Å². The van der Waals surface area contributed by atoms with Crippen LogP contribution in [0.3, 0.4) is 0 Å². The molecule has 2 aliphatic heterocycles. The maximum Gasteiger partial charge on any atom is 0.184 e. The molecule has 0 aromatic heterocycles. The molecule has 0 saturated carbocycles. The normalized spacial score (nSPS) is 40.2. The van der Waals surface area contributed by atoms with E-state index in [2.05, 4.69) is 0 Å². The topological polar surface area (TPSA) is 68.2 Å². The maximum absolute atomic E-state index is 9.93. The molecule has 2 aliphatic rings. The highest BCUT2D eigenvalue weighted by atomic mass is 16.7. The second-order valence-corrected chi connectivity index (χ2v) is 4.61. The Hall–Kier alpha value is -0.980. The minimum Gasteiger partial charge on any atom is -0.388 e.